The third-order valence-corrected chi connectivity index (χ3v) is 2.90. The molecule has 5 heteroatoms. The number of anilines is 1. The minimum Gasteiger partial charge on any atom is -0.383 e. The molecule has 0 radical (unpaired) electrons. The summed E-state index contributed by atoms with van der Waals surface area (Å²) in [5, 5.41) is 0.500. The number of nitrogens with two attached hydrogens (primary N) is 1. The Bertz CT molecular complexity index is 660. The normalized spacial score (nSPS) is 9.53. The van der Waals surface area contributed by atoms with Crippen LogP contribution in [0, 0.1) is 11.8 Å². The zero-order valence-corrected chi connectivity index (χ0v) is 11.1. The maximum atomic E-state index is 11.0. The van der Waals surface area contributed by atoms with E-state index in [-0.39, 0.29) is 11.4 Å². The molecule has 1 heterocycles. The SMILES string of the molecule is CSc1nc(N)c(C=O)c(C#Cc2ccccc2)n1. The molecule has 94 valence electrons. The van der Waals surface area contributed by atoms with Crippen molar-refractivity contribution in [3.63, 3.8) is 0 Å². The van der Waals surface area contributed by atoms with Gasteiger partial charge in [-0.05, 0) is 24.3 Å². The molecule has 0 atom stereocenters. The van der Waals surface area contributed by atoms with Crippen LogP contribution in [0.15, 0.2) is 35.5 Å². The molecule has 0 aliphatic rings. The lowest BCUT2D eigenvalue weighted by Gasteiger charge is -2.02. The van der Waals surface area contributed by atoms with Crippen molar-refractivity contribution >= 4 is 23.9 Å². The predicted octanol–water partition coefficient (Wildman–Crippen LogP) is 1.99. The zero-order chi connectivity index (χ0) is 13.7. The largest absolute Gasteiger partial charge is 0.383 e. The number of benzene rings is 1. The molecule has 0 aliphatic carbocycles. The number of hydrogen-bond donors (Lipinski definition) is 1. The molecule has 0 unspecified atom stereocenters. The van der Waals surface area contributed by atoms with E-state index >= 15 is 0 Å². The third kappa shape index (κ3) is 3.12. The summed E-state index contributed by atoms with van der Waals surface area (Å²) in [6.45, 7) is 0. The van der Waals surface area contributed by atoms with Gasteiger partial charge in [0.15, 0.2) is 11.4 Å². The number of carbonyl (C=O) groups excluding carboxylic acids is 1. The fourth-order valence-corrected chi connectivity index (χ4v) is 1.79. The second-order valence-electron chi connectivity index (χ2n) is 3.59. The number of rotatable bonds is 2. The van der Waals surface area contributed by atoms with Crippen molar-refractivity contribution in [2.45, 2.75) is 5.16 Å². The molecule has 0 spiro atoms. The Hall–Kier alpha value is -2.32. The highest BCUT2D eigenvalue weighted by Gasteiger charge is 2.09. The molecule has 1 aromatic carbocycles. The predicted molar refractivity (Wildman–Crippen MR) is 76.0 cm³/mol. The number of aldehydes is 1. The van der Waals surface area contributed by atoms with Gasteiger partial charge in [0.2, 0.25) is 0 Å². The van der Waals surface area contributed by atoms with Gasteiger partial charge in [0, 0.05) is 5.56 Å². The summed E-state index contributed by atoms with van der Waals surface area (Å²) in [5.74, 6) is 5.98. The Morgan fingerprint density at radius 2 is 1.95 bits per heavy atom. The minimum atomic E-state index is 0.159. The van der Waals surface area contributed by atoms with Crippen LogP contribution >= 0.6 is 11.8 Å². The highest BCUT2D eigenvalue weighted by atomic mass is 32.2. The molecular formula is C14H11N3OS. The van der Waals surface area contributed by atoms with Crippen LogP contribution in [0.4, 0.5) is 5.82 Å². The molecule has 0 amide bonds. The summed E-state index contributed by atoms with van der Waals surface area (Å²) in [6, 6.07) is 9.47. The van der Waals surface area contributed by atoms with Gasteiger partial charge in [0.25, 0.3) is 0 Å². The first-order valence-corrected chi connectivity index (χ1v) is 6.71. The van der Waals surface area contributed by atoms with Crippen LogP contribution in [-0.4, -0.2) is 22.5 Å². The summed E-state index contributed by atoms with van der Waals surface area (Å²) in [5.41, 5.74) is 7.16. The molecule has 2 rings (SSSR count). The average Bonchev–Trinajstić information content (AvgIpc) is 2.45. The Kier molecular flexibility index (Phi) is 4.16. The lowest BCUT2D eigenvalue weighted by molar-refractivity contribution is 0.112. The molecule has 0 saturated carbocycles. The lowest BCUT2D eigenvalue weighted by atomic mass is 10.2. The average molecular weight is 269 g/mol. The lowest BCUT2D eigenvalue weighted by Crippen LogP contribution is -2.04. The number of nitrogen functional groups attached to an aromatic ring is 1. The maximum absolute atomic E-state index is 11.0. The first kappa shape index (κ1) is 13.1. The third-order valence-electron chi connectivity index (χ3n) is 2.35. The smallest absolute Gasteiger partial charge is 0.190 e. The molecule has 19 heavy (non-hydrogen) atoms. The quantitative estimate of drug-likeness (QED) is 0.391. The van der Waals surface area contributed by atoms with Crippen molar-refractivity contribution in [2.24, 2.45) is 0 Å². The molecule has 0 aliphatic heterocycles. The molecule has 1 aromatic heterocycles. The van der Waals surface area contributed by atoms with Gasteiger partial charge in [-0.25, -0.2) is 9.97 Å². The van der Waals surface area contributed by atoms with Crippen LogP contribution in [-0.2, 0) is 0 Å². The number of carbonyl (C=O) groups is 1. The first-order valence-electron chi connectivity index (χ1n) is 5.48. The molecular weight excluding hydrogens is 258 g/mol. The van der Waals surface area contributed by atoms with Crippen LogP contribution in [0.2, 0.25) is 0 Å². The van der Waals surface area contributed by atoms with Gasteiger partial charge in [-0.15, -0.1) is 0 Å². The number of hydrogen-bond acceptors (Lipinski definition) is 5. The van der Waals surface area contributed by atoms with Crippen molar-refractivity contribution < 1.29 is 4.79 Å². The zero-order valence-electron chi connectivity index (χ0n) is 10.3. The summed E-state index contributed by atoms with van der Waals surface area (Å²) in [6.07, 6.45) is 2.47. The second kappa shape index (κ2) is 6.03. The first-order chi connectivity index (χ1) is 9.24. The molecule has 2 aromatic rings. The Labute approximate surface area is 115 Å². The Balaban J connectivity index is 2.47. The van der Waals surface area contributed by atoms with Gasteiger partial charge in [-0.3, -0.25) is 4.79 Å². The van der Waals surface area contributed by atoms with Crippen molar-refractivity contribution in [3.8, 4) is 11.8 Å². The number of nitrogens with zero attached hydrogens (tertiary/aromatic N) is 2. The van der Waals surface area contributed by atoms with E-state index in [9.17, 15) is 4.79 Å². The van der Waals surface area contributed by atoms with Crippen molar-refractivity contribution in [1.29, 1.82) is 0 Å². The van der Waals surface area contributed by atoms with E-state index in [1.807, 2.05) is 36.6 Å². The Morgan fingerprint density at radius 3 is 2.58 bits per heavy atom. The summed E-state index contributed by atoms with van der Waals surface area (Å²) < 4.78 is 0. The maximum Gasteiger partial charge on any atom is 0.190 e. The second-order valence-corrected chi connectivity index (χ2v) is 4.37. The van der Waals surface area contributed by atoms with Gasteiger partial charge in [-0.1, -0.05) is 35.9 Å². The molecule has 2 N–H and O–H groups in total. The van der Waals surface area contributed by atoms with E-state index < -0.39 is 0 Å². The van der Waals surface area contributed by atoms with Crippen molar-refractivity contribution in [1.82, 2.24) is 9.97 Å². The summed E-state index contributed by atoms with van der Waals surface area (Å²) in [7, 11) is 0. The number of aromatic nitrogens is 2. The highest BCUT2D eigenvalue weighted by Crippen LogP contribution is 2.16. The van der Waals surface area contributed by atoms with Crippen LogP contribution in [0.1, 0.15) is 21.6 Å². The van der Waals surface area contributed by atoms with Crippen LogP contribution in [0.5, 0.6) is 0 Å². The van der Waals surface area contributed by atoms with Crippen molar-refractivity contribution in [3.05, 3.63) is 47.2 Å². The van der Waals surface area contributed by atoms with E-state index in [0.717, 1.165) is 5.56 Å². The fraction of sp³-hybridized carbons (Fsp3) is 0.0714. The molecule has 0 bridgehead atoms. The minimum absolute atomic E-state index is 0.159. The van der Waals surface area contributed by atoms with Crippen LogP contribution < -0.4 is 5.73 Å². The van der Waals surface area contributed by atoms with Gasteiger partial charge in [0.05, 0.1) is 5.56 Å². The van der Waals surface area contributed by atoms with E-state index in [1.165, 1.54) is 11.8 Å². The van der Waals surface area contributed by atoms with E-state index in [4.69, 9.17) is 5.73 Å². The van der Waals surface area contributed by atoms with Crippen LogP contribution in [0.3, 0.4) is 0 Å². The summed E-state index contributed by atoms with van der Waals surface area (Å²) in [4.78, 5) is 19.2. The van der Waals surface area contributed by atoms with Gasteiger partial charge < -0.3 is 5.73 Å². The van der Waals surface area contributed by atoms with E-state index in [2.05, 4.69) is 21.8 Å². The fourth-order valence-electron chi connectivity index (χ4n) is 1.42. The topological polar surface area (TPSA) is 68.9 Å². The summed E-state index contributed by atoms with van der Waals surface area (Å²) >= 11 is 1.35. The van der Waals surface area contributed by atoms with Crippen LogP contribution in [0.25, 0.3) is 0 Å². The standard InChI is InChI=1S/C14H11N3OS/c1-19-14-16-12(11(9-18)13(15)17-14)8-7-10-5-3-2-4-6-10/h2-6,9H,1H3,(H2,15,16,17). The van der Waals surface area contributed by atoms with Gasteiger partial charge >= 0.3 is 0 Å². The van der Waals surface area contributed by atoms with E-state index in [0.29, 0.717) is 17.1 Å². The van der Waals surface area contributed by atoms with Crippen molar-refractivity contribution in [2.75, 3.05) is 12.0 Å². The molecule has 4 nitrogen and oxygen atoms in total. The van der Waals surface area contributed by atoms with E-state index in [1.54, 1.807) is 0 Å². The monoisotopic (exact) mass is 269 g/mol. The number of thioether (sulfide) groups is 1. The van der Waals surface area contributed by atoms with Gasteiger partial charge in [-0.2, -0.15) is 0 Å². The highest BCUT2D eigenvalue weighted by molar-refractivity contribution is 7.98. The molecule has 0 fully saturated rings. The van der Waals surface area contributed by atoms with Gasteiger partial charge in [0.1, 0.15) is 11.5 Å². The molecule has 0 saturated heterocycles. The Morgan fingerprint density at radius 1 is 1.21 bits per heavy atom.